The maximum absolute atomic E-state index is 9.78. The van der Waals surface area contributed by atoms with Gasteiger partial charge in [0.1, 0.15) is 0 Å². The minimum Gasteiger partial charge on any atom is -0.502 e. The smallest absolute Gasteiger partial charge is 0.200 e. The first-order valence-corrected chi connectivity index (χ1v) is 5.99. The molecule has 0 aromatic heterocycles. The highest BCUT2D eigenvalue weighted by atomic mass is 16.5. The van der Waals surface area contributed by atoms with Crippen molar-refractivity contribution in [3.8, 4) is 17.2 Å². The van der Waals surface area contributed by atoms with Crippen LogP contribution in [0.4, 0.5) is 0 Å². The minimum absolute atomic E-state index is 0.0165. The minimum atomic E-state index is -0.161. The summed E-state index contributed by atoms with van der Waals surface area (Å²) in [5.41, 5.74) is 0.975. The Bertz CT molecular complexity index is 390. The predicted octanol–water partition coefficient (Wildman–Crippen LogP) is 1.02. The van der Waals surface area contributed by atoms with E-state index in [2.05, 4.69) is 5.32 Å². The van der Waals surface area contributed by atoms with Crippen LogP contribution in [0.25, 0.3) is 0 Å². The predicted molar refractivity (Wildman–Crippen MR) is 67.1 cm³/mol. The van der Waals surface area contributed by atoms with Gasteiger partial charge in [-0.05, 0) is 30.5 Å². The van der Waals surface area contributed by atoms with Crippen molar-refractivity contribution in [2.24, 2.45) is 0 Å². The van der Waals surface area contributed by atoms with Crippen LogP contribution in [-0.2, 0) is 6.54 Å². The van der Waals surface area contributed by atoms with Gasteiger partial charge in [-0.1, -0.05) is 0 Å². The van der Waals surface area contributed by atoms with Crippen molar-refractivity contribution in [2.75, 3.05) is 14.2 Å². The molecule has 18 heavy (non-hydrogen) atoms. The number of hydrogen-bond acceptors (Lipinski definition) is 5. The van der Waals surface area contributed by atoms with Gasteiger partial charge < -0.3 is 25.0 Å². The molecule has 0 heterocycles. The molecule has 1 saturated carbocycles. The Hall–Kier alpha value is -1.46. The summed E-state index contributed by atoms with van der Waals surface area (Å²) < 4.78 is 10.2. The lowest BCUT2D eigenvalue weighted by molar-refractivity contribution is 0.0619. The third-order valence-corrected chi connectivity index (χ3v) is 3.25. The second kappa shape index (κ2) is 5.46. The molecule has 0 saturated heterocycles. The molecule has 1 fully saturated rings. The van der Waals surface area contributed by atoms with Crippen molar-refractivity contribution in [2.45, 2.75) is 31.5 Å². The Morgan fingerprint density at radius 1 is 1.22 bits per heavy atom. The number of aromatic hydroxyl groups is 1. The first-order valence-electron chi connectivity index (χ1n) is 5.99. The zero-order valence-electron chi connectivity index (χ0n) is 10.6. The van der Waals surface area contributed by atoms with Gasteiger partial charge >= 0.3 is 0 Å². The lowest BCUT2D eigenvalue weighted by Crippen LogP contribution is -2.43. The summed E-state index contributed by atoms with van der Waals surface area (Å²) in [5.74, 6) is 0.822. The standard InChI is InChI=1S/C13H19NO4/c1-17-11-3-8(4-12(18-2)13(11)16)7-14-9-5-10(15)6-9/h3-4,9-10,14-16H,5-7H2,1-2H3. The van der Waals surface area contributed by atoms with Gasteiger partial charge in [-0.25, -0.2) is 0 Å². The number of hydrogen-bond donors (Lipinski definition) is 3. The van der Waals surface area contributed by atoms with Crippen LogP contribution in [0, 0.1) is 0 Å². The summed E-state index contributed by atoms with van der Waals surface area (Å²) >= 11 is 0. The molecule has 2 rings (SSSR count). The SMILES string of the molecule is COc1cc(CNC2CC(O)C2)cc(OC)c1O. The van der Waals surface area contributed by atoms with Crippen LogP contribution in [0.5, 0.6) is 17.2 Å². The Kier molecular flexibility index (Phi) is 3.93. The van der Waals surface area contributed by atoms with Crippen LogP contribution < -0.4 is 14.8 Å². The number of aliphatic hydroxyl groups excluding tert-OH is 1. The van der Waals surface area contributed by atoms with Crippen LogP contribution in [0.2, 0.25) is 0 Å². The molecule has 0 spiro atoms. The molecule has 0 aliphatic heterocycles. The number of ether oxygens (including phenoxy) is 2. The first-order chi connectivity index (χ1) is 8.63. The van der Waals surface area contributed by atoms with Crippen molar-refractivity contribution in [3.05, 3.63) is 17.7 Å². The van der Waals surface area contributed by atoms with E-state index in [1.54, 1.807) is 12.1 Å². The summed E-state index contributed by atoms with van der Waals surface area (Å²) in [7, 11) is 3.02. The zero-order valence-corrected chi connectivity index (χ0v) is 10.6. The number of phenolic OH excluding ortho intramolecular Hbond substituents is 1. The fourth-order valence-electron chi connectivity index (χ4n) is 2.07. The largest absolute Gasteiger partial charge is 0.502 e. The summed E-state index contributed by atoms with van der Waals surface area (Å²) in [6.07, 6.45) is 1.44. The Labute approximate surface area is 106 Å². The second-order valence-corrected chi connectivity index (χ2v) is 4.55. The first kappa shape index (κ1) is 13.0. The molecule has 5 heteroatoms. The molecule has 1 aliphatic rings. The van der Waals surface area contributed by atoms with Crippen molar-refractivity contribution < 1.29 is 19.7 Å². The third kappa shape index (κ3) is 2.68. The summed E-state index contributed by atoms with van der Waals surface area (Å²) in [4.78, 5) is 0. The fraction of sp³-hybridized carbons (Fsp3) is 0.538. The molecule has 1 aliphatic carbocycles. The van der Waals surface area contributed by atoms with E-state index >= 15 is 0 Å². The van der Waals surface area contributed by atoms with E-state index in [1.807, 2.05) is 0 Å². The molecular weight excluding hydrogens is 234 g/mol. The maximum Gasteiger partial charge on any atom is 0.200 e. The molecular formula is C13H19NO4. The van der Waals surface area contributed by atoms with Gasteiger partial charge in [0, 0.05) is 12.6 Å². The number of methoxy groups -OCH3 is 2. The fourth-order valence-corrected chi connectivity index (χ4v) is 2.07. The summed E-state index contributed by atoms with van der Waals surface area (Å²) in [6, 6.07) is 3.92. The van der Waals surface area contributed by atoms with Crippen LogP contribution in [0.1, 0.15) is 18.4 Å². The Balaban J connectivity index is 2.03. The molecule has 0 amide bonds. The maximum atomic E-state index is 9.78. The van der Waals surface area contributed by atoms with E-state index in [0.29, 0.717) is 24.1 Å². The van der Waals surface area contributed by atoms with E-state index in [1.165, 1.54) is 14.2 Å². The average molecular weight is 253 g/mol. The molecule has 1 aromatic rings. The molecule has 100 valence electrons. The normalized spacial score (nSPS) is 22.4. The van der Waals surface area contributed by atoms with Crippen molar-refractivity contribution in [3.63, 3.8) is 0 Å². The highest BCUT2D eigenvalue weighted by Crippen LogP contribution is 2.37. The summed E-state index contributed by atoms with van der Waals surface area (Å²) in [6.45, 7) is 0.657. The van der Waals surface area contributed by atoms with Gasteiger partial charge in [0.25, 0.3) is 0 Å². The number of phenols is 1. The van der Waals surface area contributed by atoms with Gasteiger partial charge in [-0.15, -0.1) is 0 Å². The highest BCUT2D eigenvalue weighted by molar-refractivity contribution is 5.52. The number of nitrogens with one attached hydrogen (secondary N) is 1. The van der Waals surface area contributed by atoms with Gasteiger partial charge in [0.2, 0.25) is 5.75 Å². The lowest BCUT2D eigenvalue weighted by Gasteiger charge is -2.32. The molecule has 3 N–H and O–H groups in total. The van der Waals surface area contributed by atoms with E-state index < -0.39 is 0 Å². The van der Waals surface area contributed by atoms with E-state index in [0.717, 1.165) is 18.4 Å². The molecule has 1 aromatic carbocycles. The lowest BCUT2D eigenvalue weighted by atomic mass is 9.89. The number of rotatable bonds is 5. The van der Waals surface area contributed by atoms with E-state index in [-0.39, 0.29) is 11.9 Å². The molecule has 0 radical (unpaired) electrons. The Morgan fingerprint density at radius 3 is 2.22 bits per heavy atom. The van der Waals surface area contributed by atoms with Gasteiger partial charge in [-0.3, -0.25) is 0 Å². The van der Waals surface area contributed by atoms with E-state index in [9.17, 15) is 10.2 Å². The molecule has 5 nitrogen and oxygen atoms in total. The molecule has 0 bridgehead atoms. The quantitative estimate of drug-likeness (QED) is 0.731. The molecule has 0 atom stereocenters. The van der Waals surface area contributed by atoms with Gasteiger partial charge in [0.15, 0.2) is 11.5 Å². The second-order valence-electron chi connectivity index (χ2n) is 4.55. The van der Waals surface area contributed by atoms with Crippen LogP contribution >= 0.6 is 0 Å². The monoisotopic (exact) mass is 253 g/mol. The Morgan fingerprint density at radius 2 is 1.78 bits per heavy atom. The van der Waals surface area contributed by atoms with Crippen molar-refractivity contribution >= 4 is 0 Å². The summed E-state index contributed by atoms with van der Waals surface area (Å²) in [5, 5.41) is 22.3. The third-order valence-electron chi connectivity index (χ3n) is 3.25. The van der Waals surface area contributed by atoms with Gasteiger partial charge in [0.05, 0.1) is 20.3 Å². The van der Waals surface area contributed by atoms with Crippen LogP contribution in [-0.4, -0.2) is 36.6 Å². The number of aliphatic hydroxyl groups is 1. The van der Waals surface area contributed by atoms with Crippen LogP contribution in [0.15, 0.2) is 12.1 Å². The molecule has 0 unspecified atom stereocenters. The number of benzene rings is 1. The topological polar surface area (TPSA) is 71.0 Å². The highest BCUT2D eigenvalue weighted by Gasteiger charge is 2.26. The average Bonchev–Trinajstić information content (AvgIpc) is 2.34. The van der Waals surface area contributed by atoms with Gasteiger partial charge in [-0.2, -0.15) is 0 Å². The van der Waals surface area contributed by atoms with Crippen LogP contribution in [0.3, 0.4) is 0 Å². The van der Waals surface area contributed by atoms with E-state index in [4.69, 9.17) is 9.47 Å². The van der Waals surface area contributed by atoms with Crippen molar-refractivity contribution in [1.29, 1.82) is 0 Å². The zero-order chi connectivity index (χ0) is 13.1. The van der Waals surface area contributed by atoms with Crippen molar-refractivity contribution in [1.82, 2.24) is 5.32 Å².